The van der Waals surface area contributed by atoms with Crippen LogP contribution in [0.2, 0.25) is 0 Å². The minimum atomic E-state index is -0.0756. The molecule has 0 saturated carbocycles. The SMILES string of the molecule is CCCCCCCCC=CCCCCCCC/C=C/C(=O)/C=C/CO. The second-order valence-electron chi connectivity index (χ2n) is 6.76. The fraction of sp³-hybridized carbons (Fsp3) is 0.696. The Hall–Kier alpha value is -1.15. The Bertz CT molecular complexity index is 366. The zero-order valence-electron chi connectivity index (χ0n) is 16.4. The van der Waals surface area contributed by atoms with E-state index >= 15 is 0 Å². The predicted octanol–water partition coefficient (Wildman–Crippen LogP) is 6.70. The van der Waals surface area contributed by atoms with Crippen molar-refractivity contribution in [3.05, 3.63) is 36.5 Å². The summed E-state index contributed by atoms with van der Waals surface area (Å²) < 4.78 is 0. The highest BCUT2D eigenvalue weighted by molar-refractivity contribution is 5.99. The molecule has 25 heavy (non-hydrogen) atoms. The van der Waals surface area contributed by atoms with Crippen molar-refractivity contribution in [2.24, 2.45) is 0 Å². The third kappa shape index (κ3) is 20.8. The van der Waals surface area contributed by atoms with Gasteiger partial charge in [-0.3, -0.25) is 4.79 Å². The van der Waals surface area contributed by atoms with Gasteiger partial charge in [0.1, 0.15) is 0 Å². The van der Waals surface area contributed by atoms with E-state index in [9.17, 15) is 4.79 Å². The van der Waals surface area contributed by atoms with Crippen LogP contribution in [0, 0.1) is 0 Å². The number of aliphatic hydroxyl groups is 1. The van der Waals surface area contributed by atoms with E-state index in [1.54, 1.807) is 6.08 Å². The molecule has 0 aliphatic carbocycles. The molecule has 0 aliphatic rings. The van der Waals surface area contributed by atoms with E-state index in [0.717, 1.165) is 12.8 Å². The van der Waals surface area contributed by atoms with Crippen molar-refractivity contribution in [2.45, 2.75) is 96.8 Å². The summed E-state index contributed by atoms with van der Waals surface area (Å²) in [6.45, 7) is 2.19. The number of unbranched alkanes of at least 4 members (excludes halogenated alkanes) is 12. The second kappa shape index (κ2) is 20.9. The third-order valence-electron chi connectivity index (χ3n) is 4.30. The molecular weight excluding hydrogens is 308 g/mol. The molecule has 0 aliphatic heterocycles. The number of rotatable bonds is 18. The van der Waals surface area contributed by atoms with E-state index in [-0.39, 0.29) is 12.4 Å². The van der Waals surface area contributed by atoms with Gasteiger partial charge in [-0.2, -0.15) is 0 Å². The molecule has 0 aromatic heterocycles. The quantitative estimate of drug-likeness (QED) is 0.170. The van der Waals surface area contributed by atoms with Crippen LogP contribution in [-0.2, 0) is 4.79 Å². The molecule has 0 heterocycles. The number of aliphatic hydroxyl groups excluding tert-OH is 1. The predicted molar refractivity (Wildman–Crippen MR) is 110 cm³/mol. The molecule has 0 radical (unpaired) electrons. The highest BCUT2D eigenvalue weighted by Crippen LogP contribution is 2.10. The van der Waals surface area contributed by atoms with Gasteiger partial charge in [0, 0.05) is 0 Å². The normalized spacial score (nSPS) is 12.1. The van der Waals surface area contributed by atoms with E-state index in [2.05, 4.69) is 19.1 Å². The molecule has 0 spiro atoms. The van der Waals surface area contributed by atoms with Gasteiger partial charge in [0.05, 0.1) is 6.61 Å². The monoisotopic (exact) mass is 348 g/mol. The van der Waals surface area contributed by atoms with Gasteiger partial charge in [0.25, 0.3) is 0 Å². The fourth-order valence-corrected chi connectivity index (χ4v) is 2.76. The van der Waals surface area contributed by atoms with Crippen LogP contribution in [0.4, 0.5) is 0 Å². The van der Waals surface area contributed by atoms with Crippen LogP contribution in [0.3, 0.4) is 0 Å². The zero-order valence-corrected chi connectivity index (χ0v) is 16.4. The van der Waals surface area contributed by atoms with Crippen molar-refractivity contribution in [2.75, 3.05) is 6.61 Å². The lowest BCUT2D eigenvalue weighted by Crippen LogP contribution is -1.86. The van der Waals surface area contributed by atoms with Gasteiger partial charge in [-0.15, -0.1) is 0 Å². The van der Waals surface area contributed by atoms with Gasteiger partial charge in [0.2, 0.25) is 0 Å². The van der Waals surface area contributed by atoms with Crippen molar-refractivity contribution in [3.8, 4) is 0 Å². The summed E-state index contributed by atoms with van der Waals surface area (Å²) in [5.41, 5.74) is 0. The summed E-state index contributed by atoms with van der Waals surface area (Å²) in [7, 11) is 0. The van der Waals surface area contributed by atoms with Crippen molar-refractivity contribution in [1.29, 1.82) is 0 Å². The Morgan fingerprint density at radius 3 is 1.60 bits per heavy atom. The summed E-state index contributed by atoms with van der Waals surface area (Å²) >= 11 is 0. The lowest BCUT2D eigenvalue weighted by atomic mass is 10.1. The van der Waals surface area contributed by atoms with Gasteiger partial charge < -0.3 is 5.11 Å². The first-order valence-corrected chi connectivity index (χ1v) is 10.4. The molecule has 2 heteroatoms. The Morgan fingerprint density at radius 1 is 0.640 bits per heavy atom. The number of hydrogen-bond donors (Lipinski definition) is 1. The number of carbonyl (C=O) groups is 1. The van der Waals surface area contributed by atoms with Crippen LogP contribution in [0.5, 0.6) is 0 Å². The van der Waals surface area contributed by atoms with E-state index in [4.69, 9.17) is 5.11 Å². The Labute approximate surface area is 156 Å². The first-order valence-electron chi connectivity index (χ1n) is 10.4. The standard InChI is InChI=1S/C23H40O2/c1-2-3-4-5-6-7-8-9-10-11-12-13-14-15-16-17-18-20-23(25)21-19-22-24/h9-10,18-21,24H,2-8,11-17,22H2,1H3/b10-9?,20-18+,21-19+. The van der Waals surface area contributed by atoms with Crippen LogP contribution in [0.1, 0.15) is 96.8 Å². The summed E-state index contributed by atoms with van der Waals surface area (Å²) in [5.74, 6) is -0.0400. The van der Waals surface area contributed by atoms with E-state index in [0.29, 0.717) is 0 Å². The molecule has 0 amide bonds. The molecule has 0 atom stereocenters. The van der Waals surface area contributed by atoms with Crippen LogP contribution in [-0.4, -0.2) is 17.5 Å². The third-order valence-corrected chi connectivity index (χ3v) is 4.30. The first-order chi connectivity index (χ1) is 12.3. The van der Waals surface area contributed by atoms with Crippen molar-refractivity contribution >= 4 is 5.78 Å². The highest BCUT2D eigenvalue weighted by atomic mass is 16.2. The number of allylic oxidation sites excluding steroid dienone is 5. The summed E-state index contributed by atoms with van der Waals surface area (Å²) in [6, 6.07) is 0. The van der Waals surface area contributed by atoms with Crippen molar-refractivity contribution in [3.63, 3.8) is 0 Å². The van der Waals surface area contributed by atoms with Crippen LogP contribution in [0.15, 0.2) is 36.5 Å². The number of hydrogen-bond acceptors (Lipinski definition) is 2. The lowest BCUT2D eigenvalue weighted by Gasteiger charge is -1.99. The topological polar surface area (TPSA) is 37.3 Å². The van der Waals surface area contributed by atoms with Gasteiger partial charge in [-0.25, -0.2) is 0 Å². The van der Waals surface area contributed by atoms with Crippen molar-refractivity contribution in [1.82, 2.24) is 0 Å². The van der Waals surface area contributed by atoms with Crippen LogP contribution < -0.4 is 0 Å². The van der Waals surface area contributed by atoms with E-state index < -0.39 is 0 Å². The maximum atomic E-state index is 11.3. The molecule has 2 nitrogen and oxygen atoms in total. The van der Waals surface area contributed by atoms with Gasteiger partial charge in [0.15, 0.2) is 5.78 Å². The Kier molecular flexibility index (Phi) is 19.9. The van der Waals surface area contributed by atoms with E-state index in [1.807, 2.05) is 6.08 Å². The first kappa shape index (κ1) is 23.9. The molecule has 0 bridgehead atoms. The van der Waals surface area contributed by atoms with E-state index in [1.165, 1.54) is 89.2 Å². The summed E-state index contributed by atoms with van der Waals surface area (Å²) in [5, 5.41) is 8.57. The minimum absolute atomic E-state index is 0.0400. The maximum absolute atomic E-state index is 11.3. The fourth-order valence-electron chi connectivity index (χ4n) is 2.76. The largest absolute Gasteiger partial charge is 0.392 e. The summed E-state index contributed by atoms with van der Waals surface area (Å²) in [6.07, 6.45) is 29.2. The Morgan fingerprint density at radius 2 is 1.08 bits per heavy atom. The summed E-state index contributed by atoms with van der Waals surface area (Å²) in [4.78, 5) is 11.3. The maximum Gasteiger partial charge on any atom is 0.178 e. The number of ketones is 1. The smallest absolute Gasteiger partial charge is 0.178 e. The highest BCUT2D eigenvalue weighted by Gasteiger charge is 1.91. The lowest BCUT2D eigenvalue weighted by molar-refractivity contribution is -0.110. The second-order valence-corrected chi connectivity index (χ2v) is 6.76. The van der Waals surface area contributed by atoms with Gasteiger partial charge >= 0.3 is 0 Å². The Balaban J connectivity index is 3.25. The molecular formula is C23H40O2. The zero-order chi connectivity index (χ0) is 18.4. The average molecular weight is 349 g/mol. The van der Waals surface area contributed by atoms with Crippen LogP contribution >= 0.6 is 0 Å². The molecule has 0 rings (SSSR count). The van der Waals surface area contributed by atoms with Crippen molar-refractivity contribution < 1.29 is 9.90 Å². The average Bonchev–Trinajstić information content (AvgIpc) is 2.62. The molecule has 0 fully saturated rings. The van der Waals surface area contributed by atoms with Gasteiger partial charge in [-0.05, 0) is 50.7 Å². The molecule has 0 aromatic carbocycles. The minimum Gasteiger partial charge on any atom is -0.392 e. The molecule has 0 unspecified atom stereocenters. The van der Waals surface area contributed by atoms with Crippen LogP contribution in [0.25, 0.3) is 0 Å². The number of carbonyl (C=O) groups excluding carboxylic acids is 1. The molecule has 144 valence electrons. The molecule has 0 aromatic rings. The molecule has 0 saturated heterocycles. The van der Waals surface area contributed by atoms with Gasteiger partial charge in [-0.1, -0.05) is 82.6 Å². The molecule has 1 N–H and O–H groups in total.